The predicted molar refractivity (Wildman–Crippen MR) is 68.1 cm³/mol. The smallest absolute Gasteiger partial charge is 0.0527 e. The molecular weight excluding hydrogens is 252 g/mol. The predicted octanol–water partition coefficient (Wildman–Crippen LogP) is 3.38. The van der Waals surface area contributed by atoms with Gasteiger partial charge in [-0.15, -0.1) is 0 Å². The summed E-state index contributed by atoms with van der Waals surface area (Å²) in [6, 6.07) is 8.39. The van der Waals surface area contributed by atoms with Crippen molar-refractivity contribution in [3.63, 3.8) is 0 Å². The van der Waals surface area contributed by atoms with Crippen LogP contribution in [0.5, 0.6) is 0 Å². The van der Waals surface area contributed by atoms with Gasteiger partial charge in [0.15, 0.2) is 0 Å². The van der Waals surface area contributed by atoms with Crippen molar-refractivity contribution in [1.82, 2.24) is 10.3 Å². The molecule has 80 valence electrons. The molecule has 0 aliphatic heterocycles. The molecule has 0 atom stereocenters. The maximum absolute atomic E-state index is 3.56. The Labute approximate surface area is 98.2 Å². The van der Waals surface area contributed by atoms with Crippen LogP contribution >= 0.6 is 15.9 Å². The van der Waals surface area contributed by atoms with Gasteiger partial charge in [-0.2, -0.15) is 0 Å². The van der Waals surface area contributed by atoms with Gasteiger partial charge < -0.3 is 10.3 Å². The first-order chi connectivity index (χ1) is 7.04. The topological polar surface area (TPSA) is 27.8 Å². The summed E-state index contributed by atoms with van der Waals surface area (Å²) in [4.78, 5) is 3.44. The average molecular weight is 267 g/mol. The molecule has 0 amide bonds. The summed E-state index contributed by atoms with van der Waals surface area (Å²) in [7, 11) is 1.97. The highest BCUT2D eigenvalue weighted by Gasteiger charge is 2.20. The highest BCUT2D eigenvalue weighted by molar-refractivity contribution is 9.10. The van der Waals surface area contributed by atoms with Gasteiger partial charge in [0, 0.05) is 21.1 Å². The van der Waals surface area contributed by atoms with Crippen LogP contribution in [0.4, 0.5) is 0 Å². The third-order valence-electron chi connectivity index (χ3n) is 2.91. The lowest BCUT2D eigenvalue weighted by atomic mass is 10.0. The Morgan fingerprint density at radius 1 is 1.33 bits per heavy atom. The molecule has 0 radical (unpaired) electrons. The summed E-state index contributed by atoms with van der Waals surface area (Å²) in [6.07, 6.45) is 0. The van der Waals surface area contributed by atoms with Crippen LogP contribution in [0, 0.1) is 0 Å². The summed E-state index contributed by atoms with van der Waals surface area (Å²) < 4.78 is 1.13. The molecule has 0 spiro atoms. The first kappa shape index (κ1) is 10.7. The van der Waals surface area contributed by atoms with Gasteiger partial charge in [0.2, 0.25) is 0 Å². The molecule has 3 heteroatoms. The Hall–Kier alpha value is -0.800. The van der Waals surface area contributed by atoms with Gasteiger partial charge in [0.05, 0.1) is 5.54 Å². The van der Waals surface area contributed by atoms with Gasteiger partial charge in [-0.1, -0.05) is 22.0 Å². The van der Waals surface area contributed by atoms with Gasteiger partial charge in [-0.05, 0) is 39.1 Å². The minimum Gasteiger partial charge on any atom is -0.357 e. The molecule has 1 aromatic carbocycles. The molecule has 0 aliphatic rings. The average Bonchev–Trinajstić information content (AvgIpc) is 2.64. The number of halogens is 1. The summed E-state index contributed by atoms with van der Waals surface area (Å²) >= 11 is 3.56. The minimum atomic E-state index is -0.0293. The van der Waals surface area contributed by atoms with E-state index in [4.69, 9.17) is 0 Å². The number of aromatic amines is 1. The molecule has 0 aliphatic carbocycles. The van der Waals surface area contributed by atoms with Crippen molar-refractivity contribution in [2.24, 2.45) is 0 Å². The summed E-state index contributed by atoms with van der Waals surface area (Å²) in [5.41, 5.74) is 2.34. The zero-order valence-electron chi connectivity index (χ0n) is 9.19. The third kappa shape index (κ3) is 1.82. The fourth-order valence-electron chi connectivity index (χ4n) is 1.59. The number of H-pyrrole nitrogens is 1. The molecule has 2 nitrogen and oxygen atoms in total. The standard InChI is InChI=1S/C12H15BrN2/c1-12(2,14-3)11-7-8-9(13)5-4-6-10(8)15-11/h4-7,14-15H,1-3H3. The zero-order chi connectivity index (χ0) is 11.1. The molecule has 15 heavy (non-hydrogen) atoms. The molecule has 2 rings (SSSR count). The molecule has 2 aromatic rings. The molecular formula is C12H15BrN2. The van der Waals surface area contributed by atoms with Crippen molar-refractivity contribution in [2.45, 2.75) is 19.4 Å². The molecule has 0 unspecified atom stereocenters. The van der Waals surface area contributed by atoms with Gasteiger partial charge in [-0.25, -0.2) is 0 Å². The first-order valence-corrected chi connectivity index (χ1v) is 5.80. The van der Waals surface area contributed by atoms with E-state index in [1.54, 1.807) is 0 Å². The van der Waals surface area contributed by atoms with Crippen molar-refractivity contribution in [3.8, 4) is 0 Å². The molecule has 1 heterocycles. The van der Waals surface area contributed by atoms with E-state index in [-0.39, 0.29) is 5.54 Å². The Balaban J connectivity index is 2.62. The number of fused-ring (bicyclic) bond motifs is 1. The third-order valence-corrected chi connectivity index (χ3v) is 3.60. The van der Waals surface area contributed by atoms with Crippen LogP contribution in [-0.2, 0) is 5.54 Å². The summed E-state index contributed by atoms with van der Waals surface area (Å²) in [5.74, 6) is 0. The first-order valence-electron chi connectivity index (χ1n) is 5.01. The molecule has 1 aromatic heterocycles. The number of nitrogens with one attached hydrogen (secondary N) is 2. The lowest BCUT2D eigenvalue weighted by molar-refractivity contribution is 0.434. The lowest BCUT2D eigenvalue weighted by Gasteiger charge is -2.22. The monoisotopic (exact) mass is 266 g/mol. The molecule has 0 saturated heterocycles. The second-order valence-corrected chi connectivity index (χ2v) is 5.11. The normalized spacial score (nSPS) is 12.3. The van der Waals surface area contributed by atoms with Crippen LogP contribution in [0.1, 0.15) is 19.5 Å². The lowest BCUT2D eigenvalue weighted by Crippen LogP contribution is -2.33. The zero-order valence-corrected chi connectivity index (χ0v) is 10.8. The van der Waals surface area contributed by atoms with Gasteiger partial charge in [-0.3, -0.25) is 0 Å². The minimum absolute atomic E-state index is 0.0293. The highest BCUT2D eigenvalue weighted by Crippen LogP contribution is 2.28. The van der Waals surface area contributed by atoms with E-state index < -0.39 is 0 Å². The van der Waals surface area contributed by atoms with Gasteiger partial charge in [0.1, 0.15) is 0 Å². The van der Waals surface area contributed by atoms with E-state index in [9.17, 15) is 0 Å². The number of hydrogen-bond acceptors (Lipinski definition) is 1. The Bertz CT molecular complexity index is 485. The molecule has 0 saturated carbocycles. The van der Waals surface area contributed by atoms with E-state index in [0.717, 1.165) is 4.47 Å². The largest absolute Gasteiger partial charge is 0.357 e. The van der Waals surface area contributed by atoms with Crippen molar-refractivity contribution < 1.29 is 0 Å². The number of rotatable bonds is 2. The van der Waals surface area contributed by atoms with E-state index in [2.05, 4.69) is 58.3 Å². The van der Waals surface area contributed by atoms with Crippen molar-refractivity contribution in [1.29, 1.82) is 0 Å². The van der Waals surface area contributed by atoms with Crippen LogP contribution in [0.15, 0.2) is 28.7 Å². The Morgan fingerprint density at radius 2 is 2.07 bits per heavy atom. The molecule has 2 N–H and O–H groups in total. The van der Waals surface area contributed by atoms with Crippen molar-refractivity contribution >= 4 is 26.8 Å². The van der Waals surface area contributed by atoms with E-state index >= 15 is 0 Å². The molecule has 0 bridgehead atoms. The quantitative estimate of drug-likeness (QED) is 0.857. The van der Waals surface area contributed by atoms with Crippen LogP contribution in [0.2, 0.25) is 0 Å². The molecule has 0 fully saturated rings. The summed E-state index contributed by atoms with van der Waals surface area (Å²) in [5, 5.41) is 4.52. The van der Waals surface area contributed by atoms with Crippen LogP contribution in [0.25, 0.3) is 10.9 Å². The van der Waals surface area contributed by atoms with Crippen LogP contribution in [-0.4, -0.2) is 12.0 Å². The van der Waals surface area contributed by atoms with Gasteiger partial charge in [0.25, 0.3) is 0 Å². The Kier molecular flexibility index (Phi) is 2.61. The second-order valence-electron chi connectivity index (χ2n) is 4.26. The second kappa shape index (κ2) is 3.65. The maximum atomic E-state index is 3.56. The number of aromatic nitrogens is 1. The fourth-order valence-corrected chi connectivity index (χ4v) is 2.07. The highest BCUT2D eigenvalue weighted by atomic mass is 79.9. The fraction of sp³-hybridized carbons (Fsp3) is 0.333. The number of benzene rings is 1. The van der Waals surface area contributed by atoms with E-state index in [1.165, 1.54) is 16.6 Å². The number of hydrogen-bond donors (Lipinski definition) is 2. The van der Waals surface area contributed by atoms with Crippen LogP contribution < -0.4 is 5.32 Å². The summed E-state index contributed by atoms with van der Waals surface area (Å²) in [6.45, 7) is 4.32. The maximum Gasteiger partial charge on any atom is 0.0527 e. The SMILES string of the molecule is CNC(C)(C)c1cc2c(Br)cccc2[nH]1. The van der Waals surface area contributed by atoms with Crippen molar-refractivity contribution in [2.75, 3.05) is 7.05 Å². The Morgan fingerprint density at radius 3 is 2.67 bits per heavy atom. The van der Waals surface area contributed by atoms with E-state index in [1.807, 2.05) is 13.1 Å². The van der Waals surface area contributed by atoms with Crippen molar-refractivity contribution in [3.05, 3.63) is 34.4 Å². The van der Waals surface area contributed by atoms with E-state index in [0.29, 0.717) is 0 Å². The van der Waals surface area contributed by atoms with Gasteiger partial charge >= 0.3 is 0 Å². The van der Waals surface area contributed by atoms with Crippen LogP contribution in [0.3, 0.4) is 0 Å².